The zero-order chi connectivity index (χ0) is 20.9. The Balaban J connectivity index is -0.000000419. The molecule has 0 heterocycles. The summed E-state index contributed by atoms with van der Waals surface area (Å²) in [6.07, 6.45) is 0. The molecule has 0 fully saturated rings. The van der Waals surface area contributed by atoms with Gasteiger partial charge >= 0.3 is 65.2 Å². The van der Waals surface area contributed by atoms with Crippen molar-refractivity contribution in [2.24, 2.45) is 0 Å². The number of fused-ring (bicyclic) bond motifs is 3. The summed E-state index contributed by atoms with van der Waals surface area (Å²) in [5.74, 6) is 0. The van der Waals surface area contributed by atoms with E-state index in [-0.39, 0.29) is 116 Å². The molecule has 0 N–H and O–H groups in total. The molecule has 0 saturated heterocycles. The van der Waals surface area contributed by atoms with Gasteiger partial charge in [-0.05, 0) is 20.8 Å². The third kappa shape index (κ3) is 11.4. The van der Waals surface area contributed by atoms with Crippen molar-refractivity contribution in [3.05, 3.63) is 126 Å². The van der Waals surface area contributed by atoms with Gasteiger partial charge in [0.2, 0.25) is 0 Å². The van der Waals surface area contributed by atoms with E-state index in [4.69, 9.17) is 0 Å². The van der Waals surface area contributed by atoms with Crippen LogP contribution in [0.3, 0.4) is 0 Å². The zero-order valence-corrected chi connectivity index (χ0v) is 30.0. The van der Waals surface area contributed by atoms with E-state index < -0.39 is 0 Å². The monoisotopic (exact) mass is 768 g/mol. The molecule has 0 atom stereocenters. The molecule has 0 aliphatic carbocycles. The summed E-state index contributed by atoms with van der Waals surface area (Å²) in [6, 6.07) is 38.6. The second-order valence-electron chi connectivity index (χ2n) is 7.97. The topological polar surface area (TPSA) is 0 Å². The molecule has 0 radical (unpaired) electrons. The van der Waals surface area contributed by atoms with E-state index in [2.05, 4.69) is 130 Å². The van der Waals surface area contributed by atoms with Crippen molar-refractivity contribution in [3.8, 4) is 0 Å². The predicted octanol–water partition coefficient (Wildman–Crippen LogP) is -0.394. The summed E-state index contributed by atoms with van der Waals surface area (Å²) < 4.78 is 0. The Kier molecular flexibility index (Phi) is 22.6. The smallest absolute Gasteiger partial charge is 1.00 e. The number of hydrogen-bond donors (Lipinski definition) is 0. The van der Waals surface area contributed by atoms with Gasteiger partial charge in [-0.3, -0.25) is 0 Å². The minimum absolute atomic E-state index is 0. The van der Waals surface area contributed by atoms with Gasteiger partial charge < -0.3 is 50.9 Å². The first-order valence-corrected chi connectivity index (χ1v) is 10.4. The molecule has 6 rings (SSSR count). The van der Waals surface area contributed by atoms with Crippen LogP contribution in [0.25, 0.3) is 32.3 Å². The molecule has 0 amide bonds. The molecule has 0 unspecified atom stereocenters. The molecule has 0 saturated carbocycles. The van der Waals surface area contributed by atoms with Crippen LogP contribution < -0.4 is 50.9 Å². The Morgan fingerprint density at radius 1 is 0.389 bits per heavy atom. The molecular formula is C30H27Br3Ti3. The van der Waals surface area contributed by atoms with E-state index in [1.54, 1.807) is 0 Å². The maximum absolute atomic E-state index is 2.20. The van der Waals surface area contributed by atoms with Gasteiger partial charge in [-0.1, -0.05) is 16.7 Å². The Morgan fingerprint density at radius 3 is 0.889 bits per heavy atom. The first-order chi connectivity index (χ1) is 14.6. The van der Waals surface area contributed by atoms with E-state index in [0.29, 0.717) is 0 Å². The van der Waals surface area contributed by atoms with Crippen LogP contribution in [0, 0.1) is 20.8 Å². The normalized spacial score (nSPS) is 8.75. The van der Waals surface area contributed by atoms with E-state index in [1.165, 1.54) is 49.0 Å². The number of hydrogen-bond acceptors (Lipinski definition) is 0. The summed E-state index contributed by atoms with van der Waals surface area (Å²) in [5.41, 5.74) is 4.00. The molecule has 0 bridgehead atoms. The molecule has 6 heteroatoms. The van der Waals surface area contributed by atoms with Crippen LogP contribution in [0.2, 0.25) is 0 Å². The van der Waals surface area contributed by atoms with Crippen LogP contribution in [-0.4, -0.2) is 0 Å². The largest absolute Gasteiger partial charge is 2.00 e. The van der Waals surface area contributed by atoms with Crippen molar-refractivity contribution in [1.82, 2.24) is 0 Å². The molecule has 6 aromatic carbocycles. The third-order valence-electron chi connectivity index (χ3n) is 5.38. The fourth-order valence-corrected chi connectivity index (χ4v) is 3.74. The maximum atomic E-state index is 2.20. The maximum Gasteiger partial charge on any atom is 2.00 e. The second kappa shape index (κ2) is 20.0. The quantitative estimate of drug-likeness (QED) is 0.146. The van der Waals surface area contributed by atoms with Crippen LogP contribution >= 0.6 is 0 Å². The van der Waals surface area contributed by atoms with Crippen molar-refractivity contribution in [2.75, 3.05) is 0 Å². The molecule has 180 valence electrons. The van der Waals surface area contributed by atoms with Gasteiger partial charge in [-0.15, -0.1) is 89.0 Å². The molecule has 36 heavy (non-hydrogen) atoms. The summed E-state index contributed by atoms with van der Waals surface area (Å²) in [4.78, 5) is 0. The number of aryl methyl sites for hydroxylation is 3. The fraction of sp³-hybridized carbons (Fsp3) is 0.100. The van der Waals surface area contributed by atoms with E-state index in [9.17, 15) is 0 Å². The summed E-state index contributed by atoms with van der Waals surface area (Å²) >= 11 is 0. The van der Waals surface area contributed by atoms with Gasteiger partial charge in [-0.25, -0.2) is 0 Å². The van der Waals surface area contributed by atoms with Crippen LogP contribution in [0.4, 0.5) is 0 Å². The first-order valence-electron chi connectivity index (χ1n) is 10.4. The van der Waals surface area contributed by atoms with Crippen molar-refractivity contribution >= 4 is 32.3 Å². The molecule has 0 aliphatic rings. The Morgan fingerprint density at radius 2 is 0.639 bits per heavy atom. The molecule has 0 aromatic heterocycles. The Labute approximate surface area is 291 Å². The standard InChI is InChI=1S/3C10H9.3BrH.3Ti/c3*1-8-5-6-9-3-2-4-10(9)7-8;;;;;;/h3*2-7H,1H3;3*1H;;;/q3*-1;;;;3*+2/p-3. The van der Waals surface area contributed by atoms with Crippen LogP contribution in [0.1, 0.15) is 16.7 Å². The molecule has 0 spiro atoms. The minimum Gasteiger partial charge on any atom is -1.00 e. The predicted molar refractivity (Wildman–Crippen MR) is 133 cm³/mol. The van der Waals surface area contributed by atoms with Crippen molar-refractivity contribution < 1.29 is 116 Å². The van der Waals surface area contributed by atoms with Gasteiger partial charge in [-0.2, -0.15) is 52.6 Å². The molecule has 0 nitrogen and oxygen atoms in total. The molecular weight excluding hydrogens is 744 g/mol. The number of halogens is 3. The summed E-state index contributed by atoms with van der Waals surface area (Å²) in [7, 11) is 0. The van der Waals surface area contributed by atoms with E-state index in [0.717, 1.165) is 0 Å². The molecule has 6 aromatic rings. The zero-order valence-electron chi connectivity index (χ0n) is 20.5. The van der Waals surface area contributed by atoms with Crippen molar-refractivity contribution in [3.63, 3.8) is 0 Å². The van der Waals surface area contributed by atoms with Crippen LogP contribution in [-0.2, 0) is 65.2 Å². The van der Waals surface area contributed by atoms with Crippen molar-refractivity contribution in [1.29, 1.82) is 0 Å². The summed E-state index contributed by atoms with van der Waals surface area (Å²) in [5, 5.41) is 8.06. The van der Waals surface area contributed by atoms with Crippen LogP contribution in [0.5, 0.6) is 0 Å². The van der Waals surface area contributed by atoms with E-state index in [1.807, 2.05) is 0 Å². The Bertz CT molecular complexity index is 1230. The fourth-order valence-electron chi connectivity index (χ4n) is 3.74. The first kappa shape index (κ1) is 40.6. The molecule has 0 aliphatic heterocycles. The van der Waals surface area contributed by atoms with Gasteiger partial charge in [0.1, 0.15) is 0 Å². The number of rotatable bonds is 0. The third-order valence-corrected chi connectivity index (χ3v) is 5.38. The van der Waals surface area contributed by atoms with Gasteiger partial charge in [0, 0.05) is 0 Å². The SMILES string of the molecule is Cc1ccc2[cH-]ccc2c1.Cc1ccc2[cH-]ccc2c1.Cc1ccc2[cH-]ccc2c1.[Br-].[Br-].[Br-].[Ti+2].[Ti+2].[Ti+2]. The number of benzene rings is 3. The van der Waals surface area contributed by atoms with Crippen LogP contribution in [0.15, 0.2) is 109 Å². The van der Waals surface area contributed by atoms with Gasteiger partial charge in [0.25, 0.3) is 0 Å². The second-order valence-corrected chi connectivity index (χ2v) is 7.97. The van der Waals surface area contributed by atoms with Gasteiger partial charge in [0.05, 0.1) is 0 Å². The van der Waals surface area contributed by atoms with E-state index >= 15 is 0 Å². The summed E-state index contributed by atoms with van der Waals surface area (Å²) in [6.45, 7) is 6.35. The average Bonchev–Trinajstić information content (AvgIpc) is 3.48. The minimum atomic E-state index is 0. The van der Waals surface area contributed by atoms with Gasteiger partial charge in [0.15, 0.2) is 0 Å². The van der Waals surface area contributed by atoms with Crippen molar-refractivity contribution in [2.45, 2.75) is 20.8 Å². The average molecular weight is 771 g/mol. The Hall–Kier alpha value is 0.0729.